The van der Waals surface area contributed by atoms with Crippen LogP contribution in [-0.2, 0) is 9.59 Å². The van der Waals surface area contributed by atoms with E-state index in [4.69, 9.17) is 18.9 Å². The van der Waals surface area contributed by atoms with Crippen molar-refractivity contribution >= 4 is 23.7 Å². The Bertz CT molecular complexity index is 1080. The van der Waals surface area contributed by atoms with Gasteiger partial charge in [-0.05, 0) is 60.4 Å². The summed E-state index contributed by atoms with van der Waals surface area (Å²) in [5.41, 5.74) is -0.266. The van der Waals surface area contributed by atoms with Crippen LogP contribution in [0.1, 0.15) is 36.8 Å². The highest BCUT2D eigenvalue weighted by Gasteiger charge is 2.50. The number of allylic oxidation sites excluding steroid dienone is 2. The zero-order valence-corrected chi connectivity index (χ0v) is 20.8. The van der Waals surface area contributed by atoms with E-state index < -0.39 is 35.7 Å². The summed E-state index contributed by atoms with van der Waals surface area (Å²) in [5, 5.41) is 0. The molecule has 1 fully saturated rings. The van der Waals surface area contributed by atoms with Gasteiger partial charge in [0.2, 0.25) is 5.92 Å². The first-order valence-electron chi connectivity index (χ1n) is 11.4. The lowest BCUT2D eigenvalue weighted by molar-refractivity contribution is -0.143. The second-order valence-electron chi connectivity index (χ2n) is 8.56. The van der Waals surface area contributed by atoms with Gasteiger partial charge in [-0.2, -0.15) is 0 Å². The van der Waals surface area contributed by atoms with Crippen LogP contribution in [0.2, 0.25) is 0 Å². The van der Waals surface area contributed by atoms with E-state index in [1.807, 2.05) is 0 Å². The van der Waals surface area contributed by atoms with Crippen molar-refractivity contribution in [3.8, 4) is 23.0 Å². The molecule has 6 nitrogen and oxygen atoms in total. The Morgan fingerprint density at radius 3 is 1.42 bits per heavy atom. The average molecular weight is 501 g/mol. The van der Waals surface area contributed by atoms with Crippen LogP contribution < -0.4 is 18.9 Å². The topological polar surface area (TPSA) is 71.1 Å². The van der Waals surface area contributed by atoms with Crippen molar-refractivity contribution in [1.29, 1.82) is 0 Å². The lowest BCUT2D eigenvalue weighted by atomic mass is 9.67. The Balaban J connectivity index is 1.88. The zero-order valence-electron chi connectivity index (χ0n) is 20.8. The third-order valence-corrected chi connectivity index (χ3v) is 6.45. The normalized spacial score (nSPS) is 16.6. The van der Waals surface area contributed by atoms with Gasteiger partial charge in [-0.25, -0.2) is 8.78 Å². The summed E-state index contributed by atoms with van der Waals surface area (Å²) >= 11 is 0. The molecule has 0 bridgehead atoms. The molecule has 1 saturated carbocycles. The number of halogens is 2. The molecule has 36 heavy (non-hydrogen) atoms. The minimum Gasteiger partial charge on any atom is -0.493 e. The van der Waals surface area contributed by atoms with Gasteiger partial charge in [0.25, 0.3) is 0 Å². The van der Waals surface area contributed by atoms with Crippen molar-refractivity contribution in [2.45, 2.75) is 31.6 Å². The van der Waals surface area contributed by atoms with E-state index in [1.54, 1.807) is 48.6 Å². The molecule has 0 saturated heterocycles. The van der Waals surface area contributed by atoms with E-state index in [1.165, 1.54) is 40.6 Å². The van der Waals surface area contributed by atoms with Gasteiger partial charge in [0.05, 0.1) is 33.9 Å². The summed E-state index contributed by atoms with van der Waals surface area (Å²) < 4.78 is 48.9. The standard InChI is InChI=1S/C28H30F2O6/c1-33-21-9-5-19(17-23(21)35-3)7-11-25(31)27(13-15-28(29,30)16-14-27)26(32)12-8-20-6-10-22(34-2)24(18-20)36-4/h5-12,17-18H,13-16H2,1-4H3. The molecule has 2 aromatic carbocycles. The van der Waals surface area contributed by atoms with E-state index >= 15 is 0 Å². The van der Waals surface area contributed by atoms with Crippen LogP contribution in [0.15, 0.2) is 48.6 Å². The van der Waals surface area contributed by atoms with Crippen LogP contribution in [0.3, 0.4) is 0 Å². The van der Waals surface area contributed by atoms with Crippen molar-refractivity contribution in [3.63, 3.8) is 0 Å². The molecule has 0 aliphatic heterocycles. The first-order valence-corrected chi connectivity index (χ1v) is 11.4. The van der Waals surface area contributed by atoms with Gasteiger partial charge in [-0.1, -0.05) is 24.3 Å². The molecule has 8 heteroatoms. The van der Waals surface area contributed by atoms with E-state index in [9.17, 15) is 18.4 Å². The third kappa shape index (κ3) is 5.93. The maximum absolute atomic E-state index is 14.0. The average Bonchev–Trinajstić information content (AvgIpc) is 2.90. The highest BCUT2D eigenvalue weighted by molar-refractivity contribution is 6.17. The van der Waals surface area contributed by atoms with E-state index in [0.29, 0.717) is 34.1 Å². The largest absolute Gasteiger partial charge is 0.493 e. The fourth-order valence-electron chi connectivity index (χ4n) is 4.23. The van der Waals surface area contributed by atoms with Crippen molar-refractivity contribution in [1.82, 2.24) is 0 Å². The summed E-state index contributed by atoms with van der Waals surface area (Å²) in [6, 6.07) is 10.2. The quantitative estimate of drug-likeness (QED) is 0.304. The van der Waals surface area contributed by atoms with Crippen LogP contribution in [-0.4, -0.2) is 45.9 Å². The van der Waals surface area contributed by atoms with Crippen LogP contribution >= 0.6 is 0 Å². The number of ether oxygens (including phenoxy) is 4. The Labute approximate surface area is 209 Å². The molecule has 3 rings (SSSR count). The first kappa shape index (κ1) is 26.9. The number of carbonyl (C=O) groups is 2. The molecule has 192 valence electrons. The van der Waals surface area contributed by atoms with Gasteiger partial charge in [0, 0.05) is 12.8 Å². The van der Waals surface area contributed by atoms with Crippen molar-refractivity contribution in [3.05, 3.63) is 59.7 Å². The minimum absolute atomic E-state index is 0.232. The highest BCUT2D eigenvalue weighted by atomic mass is 19.3. The van der Waals surface area contributed by atoms with Gasteiger partial charge >= 0.3 is 0 Å². The van der Waals surface area contributed by atoms with Gasteiger partial charge < -0.3 is 18.9 Å². The summed E-state index contributed by atoms with van der Waals surface area (Å²) in [6.45, 7) is 0. The van der Waals surface area contributed by atoms with E-state index in [2.05, 4.69) is 0 Å². The molecule has 0 radical (unpaired) electrons. The molecule has 0 unspecified atom stereocenters. The van der Waals surface area contributed by atoms with E-state index in [-0.39, 0.29) is 12.8 Å². The minimum atomic E-state index is -2.90. The van der Waals surface area contributed by atoms with Gasteiger partial charge in [0.1, 0.15) is 0 Å². The van der Waals surface area contributed by atoms with Gasteiger partial charge in [-0.3, -0.25) is 9.59 Å². The number of rotatable bonds is 10. The monoisotopic (exact) mass is 500 g/mol. The molecule has 2 aromatic rings. The smallest absolute Gasteiger partial charge is 0.248 e. The van der Waals surface area contributed by atoms with Crippen LogP contribution in [0.5, 0.6) is 23.0 Å². The molecule has 0 spiro atoms. The maximum atomic E-state index is 14.0. The summed E-state index contributed by atoms with van der Waals surface area (Å²) in [5.74, 6) is -1.89. The molecular weight excluding hydrogens is 470 g/mol. The second-order valence-corrected chi connectivity index (χ2v) is 8.56. The van der Waals surface area contributed by atoms with Crippen molar-refractivity contribution < 1.29 is 37.3 Å². The Hall–Kier alpha value is -3.68. The van der Waals surface area contributed by atoms with Crippen LogP contribution in [0, 0.1) is 5.41 Å². The molecule has 0 amide bonds. The van der Waals surface area contributed by atoms with Crippen LogP contribution in [0.4, 0.5) is 8.78 Å². The molecular formula is C28H30F2O6. The number of alkyl halides is 2. The fraction of sp³-hybridized carbons (Fsp3) is 0.357. The lowest BCUT2D eigenvalue weighted by Crippen LogP contribution is -2.43. The SMILES string of the molecule is COc1ccc(C=CC(=O)C2(C(=O)C=Cc3ccc(OC)c(OC)c3)CCC(F)(F)CC2)cc1OC. The number of ketones is 2. The maximum Gasteiger partial charge on any atom is 0.248 e. The number of hydrogen-bond donors (Lipinski definition) is 0. The molecule has 0 N–H and O–H groups in total. The summed E-state index contributed by atoms with van der Waals surface area (Å²) in [4.78, 5) is 26.7. The number of carbonyl (C=O) groups excluding carboxylic acids is 2. The summed E-state index contributed by atoms with van der Waals surface area (Å²) in [6.07, 6.45) is 4.14. The van der Waals surface area contributed by atoms with E-state index in [0.717, 1.165) is 0 Å². The number of methoxy groups -OCH3 is 4. The molecule has 0 atom stereocenters. The highest BCUT2D eigenvalue weighted by Crippen LogP contribution is 2.45. The zero-order chi connectivity index (χ0) is 26.3. The van der Waals surface area contributed by atoms with Crippen molar-refractivity contribution in [2.75, 3.05) is 28.4 Å². The lowest BCUT2D eigenvalue weighted by Gasteiger charge is -2.36. The summed E-state index contributed by atoms with van der Waals surface area (Å²) in [7, 11) is 6.02. The molecule has 1 aliphatic carbocycles. The fourth-order valence-corrected chi connectivity index (χ4v) is 4.23. The Morgan fingerprint density at radius 2 is 1.06 bits per heavy atom. The van der Waals surface area contributed by atoms with Gasteiger partial charge in [-0.15, -0.1) is 0 Å². The van der Waals surface area contributed by atoms with Gasteiger partial charge in [0.15, 0.2) is 34.6 Å². The Kier molecular flexibility index (Phi) is 8.50. The third-order valence-electron chi connectivity index (χ3n) is 6.45. The predicted molar refractivity (Wildman–Crippen MR) is 133 cm³/mol. The molecule has 0 aromatic heterocycles. The predicted octanol–water partition coefficient (Wildman–Crippen LogP) is 5.78. The molecule has 0 heterocycles. The number of hydrogen-bond acceptors (Lipinski definition) is 6. The van der Waals surface area contributed by atoms with Crippen molar-refractivity contribution in [2.24, 2.45) is 5.41 Å². The second kappa shape index (κ2) is 11.4. The van der Waals surface area contributed by atoms with Crippen LogP contribution in [0.25, 0.3) is 12.2 Å². The Morgan fingerprint density at radius 1 is 0.667 bits per heavy atom. The number of benzene rings is 2. The molecule has 1 aliphatic rings. The first-order chi connectivity index (χ1) is 17.2.